The molecule has 0 spiro atoms. The molecule has 0 saturated carbocycles. The Hall–Kier alpha value is -5.19. The molecule has 1 saturated heterocycles. The summed E-state index contributed by atoms with van der Waals surface area (Å²) in [6, 6.07) is 18.3. The number of alkyl halides is 1. The van der Waals surface area contributed by atoms with E-state index in [4.69, 9.17) is 9.47 Å². The fourth-order valence-electron chi connectivity index (χ4n) is 4.92. The van der Waals surface area contributed by atoms with Crippen molar-refractivity contribution in [2.24, 2.45) is 5.92 Å². The van der Waals surface area contributed by atoms with E-state index in [0.717, 1.165) is 12.8 Å². The molecule has 1 aliphatic heterocycles. The van der Waals surface area contributed by atoms with Crippen LogP contribution in [0.1, 0.15) is 35.2 Å². The molecular weight excluding hydrogens is 553 g/mol. The summed E-state index contributed by atoms with van der Waals surface area (Å²) < 4.78 is 23.9. The van der Waals surface area contributed by atoms with Crippen LogP contribution in [0.4, 0.5) is 20.6 Å². The van der Waals surface area contributed by atoms with Gasteiger partial charge in [-0.3, -0.25) is 14.6 Å². The molecular formula is C32H32FN5O5. The van der Waals surface area contributed by atoms with Crippen molar-refractivity contribution in [3.63, 3.8) is 0 Å². The molecule has 3 heterocycles. The number of hydrogen-bond acceptors (Lipinski definition) is 6. The lowest BCUT2D eigenvalue weighted by atomic mass is 9.93. The first-order valence-electron chi connectivity index (χ1n) is 13.9. The minimum Gasteiger partial charge on any atom is -0.469 e. The Morgan fingerprint density at radius 3 is 2.51 bits per heavy atom. The molecule has 2 aromatic carbocycles. The van der Waals surface area contributed by atoms with Crippen molar-refractivity contribution >= 4 is 29.3 Å². The molecule has 2 aromatic heterocycles. The summed E-state index contributed by atoms with van der Waals surface area (Å²) in [6.45, 7) is 0.505. The summed E-state index contributed by atoms with van der Waals surface area (Å²) in [6.07, 6.45) is 5.20. The number of methoxy groups -OCH3 is 1. The number of likely N-dealkylation sites (tertiary alicyclic amines) is 1. The second-order valence-electron chi connectivity index (χ2n) is 10.2. The van der Waals surface area contributed by atoms with E-state index in [1.165, 1.54) is 7.11 Å². The summed E-state index contributed by atoms with van der Waals surface area (Å²) in [5, 5.41) is 5.37. The number of carbonyl (C=O) groups excluding carboxylic acids is 3. The number of rotatable bonds is 9. The number of urea groups is 1. The van der Waals surface area contributed by atoms with Crippen molar-refractivity contribution in [3.05, 3.63) is 90.3 Å². The lowest BCUT2D eigenvalue weighted by Crippen LogP contribution is -2.38. The van der Waals surface area contributed by atoms with Gasteiger partial charge in [0.2, 0.25) is 0 Å². The van der Waals surface area contributed by atoms with Crippen LogP contribution in [0.15, 0.2) is 79.1 Å². The summed E-state index contributed by atoms with van der Waals surface area (Å²) in [5.41, 5.74) is 3.16. The molecule has 43 heavy (non-hydrogen) atoms. The standard InChI is InChI=1S/C32H32FN5O5/c1-42-30(39)16-21-11-14-38(15-12-21)31(40)23-17-28(35-20-23)29-18-26(10-13-34-29)43-25-8-6-24(7-9-25)36-32(41)37-27-5-3-2-4-22(27)19-33/h2-10,13,17-18,20-21,35H,11-12,14-16,19H2,1H3,(H2,36,37,41). The highest BCUT2D eigenvalue weighted by Crippen LogP contribution is 2.28. The smallest absolute Gasteiger partial charge is 0.323 e. The van der Waals surface area contributed by atoms with Gasteiger partial charge in [0, 0.05) is 54.9 Å². The highest BCUT2D eigenvalue weighted by Gasteiger charge is 2.26. The number of amides is 3. The number of piperidine rings is 1. The first-order chi connectivity index (χ1) is 20.9. The molecule has 1 fully saturated rings. The third-order valence-electron chi connectivity index (χ3n) is 7.28. The van der Waals surface area contributed by atoms with E-state index in [1.807, 2.05) is 0 Å². The van der Waals surface area contributed by atoms with Crippen molar-refractivity contribution in [1.29, 1.82) is 0 Å². The van der Waals surface area contributed by atoms with Crippen molar-refractivity contribution in [2.75, 3.05) is 30.8 Å². The second kappa shape index (κ2) is 13.6. The van der Waals surface area contributed by atoms with Crippen molar-refractivity contribution in [3.8, 4) is 22.9 Å². The highest BCUT2D eigenvalue weighted by molar-refractivity contribution is 6.00. The van der Waals surface area contributed by atoms with E-state index < -0.39 is 12.7 Å². The van der Waals surface area contributed by atoms with Crippen LogP contribution in [-0.2, 0) is 16.2 Å². The fourth-order valence-corrected chi connectivity index (χ4v) is 4.92. The summed E-state index contributed by atoms with van der Waals surface area (Å²) in [5.74, 6) is 1.03. The first-order valence-corrected chi connectivity index (χ1v) is 13.9. The maximum absolute atomic E-state index is 13.1. The lowest BCUT2D eigenvalue weighted by Gasteiger charge is -2.31. The van der Waals surface area contributed by atoms with Crippen LogP contribution < -0.4 is 15.4 Å². The third kappa shape index (κ3) is 7.56. The number of pyridine rings is 1. The SMILES string of the molecule is COC(=O)CC1CCN(C(=O)c2c[nH]c(-c3cc(Oc4ccc(NC(=O)Nc5ccccc5CF)cc4)ccn3)c2)CC1. The summed E-state index contributed by atoms with van der Waals surface area (Å²) in [7, 11) is 1.39. The molecule has 0 unspecified atom stereocenters. The predicted molar refractivity (Wildman–Crippen MR) is 160 cm³/mol. The van der Waals surface area contributed by atoms with Gasteiger partial charge in [-0.15, -0.1) is 0 Å². The Morgan fingerprint density at radius 1 is 1.00 bits per heavy atom. The van der Waals surface area contributed by atoms with Crippen LogP contribution in [0.25, 0.3) is 11.4 Å². The molecule has 10 nitrogen and oxygen atoms in total. The Bertz CT molecular complexity index is 1580. The number of carbonyl (C=O) groups is 3. The molecule has 11 heteroatoms. The van der Waals surface area contributed by atoms with Gasteiger partial charge in [0.05, 0.1) is 24.1 Å². The lowest BCUT2D eigenvalue weighted by molar-refractivity contribution is -0.142. The Labute approximate surface area is 248 Å². The van der Waals surface area contributed by atoms with Crippen LogP contribution in [0.3, 0.4) is 0 Å². The van der Waals surface area contributed by atoms with Crippen LogP contribution >= 0.6 is 0 Å². The number of halogens is 1. The van der Waals surface area contributed by atoms with Crippen molar-refractivity contribution in [1.82, 2.24) is 14.9 Å². The number of H-pyrrole nitrogens is 1. The molecule has 0 radical (unpaired) electrons. The monoisotopic (exact) mass is 585 g/mol. The number of nitrogens with zero attached hydrogens (tertiary/aromatic N) is 2. The first kappa shape index (κ1) is 29.3. The average Bonchev–Trinajstić information content (AvgIpc) is 3.53. The number of nitrogens with one attached hydrogen (secondary N) is 3. The number of benzene rings is 2. The number of anilines is 2. The third-order valence-corrected chi connectivity index (χ3v) is 7.28. The van der Waals surface area contributed by atoms with E-state index in [9.17, 15) is 18.8 Å². The number of hydrogen-bond donors (Lipinski definition) is 3. The zero-order valence-corrected chi connectivity index (χ0v) is 23.6. The van der Waals surface area contributed by atoms with Crippen LogP contribution in [-0.4, -0.2) is 53.0 Å². The molecule has 3 amide bonds. The molecule has 3 N–H and O–H groups in total. The van der Waals surface area contributed by atoms with Crippen molar-refractivity contribution < 1.29 is 28.2 Å². The van der Waals surface area contributed by atoms with Crippen LogP contribution in [0.2, 0.25) is 0 Å². The van der Waals surface area contributed by atoms with Gasteiger partial charge in [-0.25, -0.2) is 9.18 Å². The Balaban J connectivity index is 1.16. The van der Waals surface area contributed by atoms with Gasteiger partial charge in [-0.1, -0.05) is 18.2 Å². The zero-order valence-electron chi connectivity index (χ0n) is 23.6. The van der Waals surface area contributed by atoms with Gasteiger partial charge in [0.1, 0.15) is 18.2 Å². The van der Waals surface area contributed by atoms with E-state index in [1.54, 1.807) is 84.0 Å². The number of aromatic amines is 1. The second-order valence-corrected chi connectivity index (χ2v) is 10.2. The number of para-hydroxylation sites is 1. The van der Waals surface area contributed by atoms with Gasteiger partial charge >= 0.3 is 12.0 Å². The molecule has 222 valence electrons. The van der Waals surface area contributed by atoms with Gasteiger partial charge in [-0.2, -0.15) is 0 Å². The van der Waals surface area contributed by atoms with E-state index in [2.05, 4.69) is 20.6 Å². The summed E-state index contributed by atoms with van der Waals surface area (Å²) >= 11 is 0. The fraction of sp³-hybridized carbons (Fsp3) is 0.250. The molecule has 4 aromatic rings. The number of aromatic nitrogens is 2. The van der Waals surface area contributed by atoms with Gasteiger partial charge in [0.25, 0.3) is 5.91 Å². The molecule has 0 bridgehead atoms. The normalized spacial score (nSPS) is 13.3. The predicted octanol–water partition coefficient (Wildman–Crippen LogP) is 6.40. The van der Waals surface area contributed by atoms with E-state index in [-0.39, 0.29) is 17.8 Å². The van der Waals surface area contributed by atoms with Gasteiger partial charge in [-0.05, 0) is 61.2 Å². The minimum absolute atomic E-state index is 0.0691. The molecule has 0 aliphatic carbocycles. The van der Waals surface area contributed by atoms with Gasteiger partial charge < -0.3 is 30.0 Å². The molecule has 1 aliphatic rings. The summed E-state index contributed by atoms with van der Waals surface area (Å²) in [4.78, 5) is 46.3. The number of ether oxygens (including phenoxy) is 2. The molecule has 0 atom stereocenters. The highest BCUT2D eigenvalue weighted by atomic mass is 19.1. The Morgan fingerprint density at radius 2 is 1.77 bits per heavy atom. The van der Waals surface area contributed by atoms with Crippen LogP contribution in [0.5, 0.6) is 11.5 Å². The quantitative estimate of drug-likeness (QED) is 0.195. The maximum atomic E-state index is 13.1. The van der Waals surface area contributed by atoms with Gasteiger partial charge in [0.15, 0.2) is 0 Å². The van der Waals surface area contributed by atoms with Crippen LogP contribution in [0, 0.1) is 5.92 Å². The average molecular weight is 586 g/mol. The topological polar surface area (TPSA) is 126 Å². The van der Waals surface area contributed by atoms with Crippen molar-refractivity contribution in [2.45, 2.75) is 25.9 Å². The van der Waals surface area contributed by atoms with E-state index in [0.29, 0.717) is 64.9 Å². The maximum Gasteiger partial charge on any atom is 0.323 e. The largest absolute Gasteiger partial charge is 0.469 e. The number of esters is 1. The zero-order chi connectivity index (χ0) is 30.2. The molecule has 5 rings (SSSR count). The minimum atomic E-state index is -0.678. The van der Waals surface area contributed by atoms with E-state index >= 15 is 0 Å². The Kier molecular flexibility index (Phi) is 9.30.